The first kappa shape index (κ1) is 15.7. The normalized spacial score (nSPS) is 18.9. The largest absolute Gasteiger partial charge is 0.377 e. The Kier molecular flexibility index (Phi) is 5.90. The van der Waals surface area contributed by atoms with E-state index in [2.05, 4.69) is 5.32 Å². The number of hydrogen-bond donors (Lipinski definition) is 1. The van der Waals surface area contributed by atoms with Gasteiger partial charge in [0.1, 0.15) is 0 Å². The number of anilines is 1. The smallest absolute Gasteiger partial charge is 0.225 e. The number of carbonyl (C=O) groups excluding carboxylic acids is 1. The second-order valence-corrected chi connectivity index (χ2v) is 6.55. The molecule has 1 saturated heterocycles. The number of amides is 1. The summed E-state index contributed by atoms with van der Waals surface area (Å²) >= 11 is 0. The van der Waals surface area contributed by atoms with Crippen LogP contribution in [0.3, 0.4) is 0 Å². The van der Waals surface area contributed by atoms with Gasteiger partial charge < -0.3 is 10.1 Å². The maximum atomic E-state index is 11.9. The van der Waals surface area contributed by atoms with Crippen LogP contribution in [0.4, 0.5) is 5.69 Å². The molecular formula is C15H18N2O3S. The Bertz CT molecular complexity index is 545. The van der Waals surface area contributed by atoms with E-state index in [0.29, 0.717) is 22.8 Å². The molecule has 21 heavy (non-hydrogen) atoms. The van der Waals surface area contributed by atoms with E-state index in [9.17, 15) is 9.00 Å². The van der Waals surface area contributed by atoms with E-state index >= 15 is 0 Å². The average Bonchev–Trinajstić information content (AvgIpc) is 2.99. The van der Waals surface area contributed by atoms with Gasteiger partial charge in [-0.2, -0.15) is 5.26 Å². The summed E-state index contributed by atoms with van der Waals surface area (Å²) in [5.74, 6) is 0.701. The van der Waals surface area contributed by atoms with Crippen LogP contribution >= 0.6 is 0 Å². The highest BCUT2D eigenvalue weighted by molar-refractivity contribution is 7.85. The minimum absolute atomic E-state index is 0.0902. The first-order valence-corrected chi connectivity index (χ1v) is 8.43. The molecule has 2 unspecified atom stereocenters. The van der Waals surface area contributed by atoms with Crippen molar-refractivity contribution < 1.29 is 13.7 Å². The first-order chi connectivity index (χ1) is 10.2. The molecule has 0 bridgehead atoms. The Morgan fingerprint density at radius 2 is 2.19 bits per heavy atom. The Balaban J connectivity index is 1.71. The van der Waals surface area contributed by atoms with Crippen molar-refractivity contribution in [1.29, 1.82) is 5.26 Å². The van der Waals surface area contributed by atoms with Gasteiger partial charge in [0.15, 0.2) is 0 Å². The average molecular weight is 306 g/mol. The van der Waals surface area contributed by atoms with Gasteiger partial charge in [0, 0.05) is 41.0 Å². The van der Waals surface area contributed by atoms with Crippen LogP contribution in [0.25, 0.3) is 0 Å². The van der Waals surface area contributed by atoms with Crippen LogP contribution in [0.2, 0.25) is 0 Å². The van der Waals surface area contributed by atoms with Crippen LogP contribution in [0.1, 0.15) is 24.8 Å². The van der Waals surface area contributed by atoms with E-state index < -0.39 is 10.8 Å². The number of carbonyl (C=O) groups is 1. The molecule has 0 aromatic heterocycles. The number of nitrogens with zero attached hydrogens (tertiary/aromatic N) is 1. The molecule has 112 valence electrons. The second kappa shape index (κ2) is 7.91. The maximum Gasteiger partial charge on any atom is 0.225 e. The molecule has 0 saturated carbocycles. The molecule has 1 aromatic carbocycles. The van der Waals surface area contributed by atoms with Crippen molar-refractivity contribution in [1.82, 2.24) is 0 Å². The molecule has 1 aliphatic heterocycles. The molecule has 0 spiro atoms. The number of nitriles is 1. The molecule has 1 N–H and O–H groups in total. The number of rotatable bonds is 6. The number of nitrogens with one attached hydrogen (secondary N) is 1. The maximum absolute atomic E-state index is 11.9. The quantitative estimate of drug-likeness (QED) is 0.869. The Morgan fingerprint density at radius 1 is 1.43 bits per heavy atom. The molecule has 0 radical (unpaired) electrons. The predicted molar refractivity (Wildman–Crippen MR) is 81.3 cm³/mol. The number of benzene rings is 1. The van der Waals surface area contributed by atoms with Crippen molar-refractivity contribution in [3.63, 3.8) is 0 Å². The Morgan fingerprint density at radius 3 is 2.81 bits per heavy atom. The SMILES string of the molecule is N#Cc1ccc(NC(=O)CCS(=O)CC2CCCO2)cc1. The molecule has 1 aliphatic rings. The van der Waals surface area contributed by atoms with E-state index in [1.165, 1.54) is 0 Å². The fourth-order valence-corrected chi connectivity index (χ4v) is 3.38. The summed E-state index contributed by atoms with van der Waals surface area (Å²) in [5.41, 5.74) is 1.19. The van der Waals surface area contributed by atoms with Gasteiger partial charge in [-0.15, -0.1) is 0 Å². The van der Waals surface area contributed by atoms with Crippen LogP contribution in [0.5, 0.6) is 0 Å². The lowest BCUT2D eigenvalue weighted by Crippen LogP contribution is -2.20. The van der Waals surface area contributed by atoms with E-state index in [1.54, 1.807) is 24.3 Å². The third-order valence-corrected chi connectivity index (χ3v) is 4.65. The van der Waals surface area contributed by atoms with Crippen LogP contribution in [0, 0.1) is 11.3 Å². The number of hydrogen-bond acceptors (Lipinski definition) is 4. The monoisotopic (exact) mass is 306 g/mol. The summed E-state index contributed by atoms with van der Waals surface area (Å²) in [7, 11) is -1.02. The van der Waals surface area contributed by atoms with E-state index in [4.69, 9.17) is 10.00 Å². The van der Waals surface area contributed by atoms with Crippen molar-refractivity contribution in [3.05, 3.63) is 29.8 Å². The van der Waals surface area contributed by atoms with Gasteiger partial charge in [-0.3, -0.25) is 9.00 Å². The lowest BCUT2D eigenvalue weighted by atomic mass is 10.2. The van der Waals surface area contributed by atoms with Gasteiger partial charge in [0.25, 0.3) is 0 Å². The summed E-state index contributed by atoms with van der Waals surface area (Å²) < 4.78 is 17.3. The Hall–Kier alpha value is -1.71. The lowest BCUT2D eigenvalue weighted by molar-refractivity contribution is -0.115. The van der Waals surface area contributed by atoms with Crippen LogP contribution in [-0.4, -0.2) is 34.3 Å². The van der Waals surface area contributed by atoms with E-state index in [1.807, 2.05) is 6.07 Å². The van der Waals surface area contributed by atoms with E-state index in [-0.39, 0.29) is 18.4 Å². The molecule has 1 aromatic rings. The summed E-state index contributed by atoms with van der Waals surface area (Å²) in [6.07, 6.45) is 2.30. The summed E-state index contributed by atoms with van der Waals surface area (Å²) in [4.78, 5) is 11.8. The Labute approximate surface area is 126 Å². The van der Waals surface area contributed by atoms with Crippen LogP contribution < -0.4 is 5.32 Å². The lowest BCUT2D eigenvalue weighted by Gasteiger charge is -2.09. The van der Waals surface area contributed by atoms with Crippen molar-refractivity contribution in [2.24, 2.45) is 0 Å². The van der Waals surface area contributed by atoms with E-state index in [0.717, 1.165) is 19.4 Å². The summed E-state index contributed by atoms with van der Waals surface area (Å²) in [6.45, 7) is 0.751. The molecule has 2 atom stereocenters. The summed E-state index contributed by atoms with van der Waals surface area (Å²) in [5, 5.41) is 11.4. The zero-order chi connectivity index (χ0) is 15.1. The highest BCUT2D eigenvalue weighted by Crippen LogP contribution is 2.13. The van der Waals surface area contributed by atoms with Gasteiger partial charge in [0.05, 0.1) is 17.7 Å². The third-order valence-electron chi connectivity index (χ3n) is 3.25. The highest BCUT2D eigenvalue weighted by Gasteiger charge is 2.18. The van der Waals surface area contributed by atoms with Gasteiger partial charge in [-0.25, -0.2) is 0 Å². The van der Waals surface area contributed by atoms with Crippen LogP contribution in [-0.2, 0) is 20.3 Å². The van der Waals surface area contributed by atoms with Crippen molar-refractivity contribution in [2.45, 2.75) is 25.4 Å². The molecule has 6 heteroatoms. The summed E-state index contributed by atoms with van der Waals surface area (Å²) in [6, 6.07) is 8.67. The predicted octanol–water partition coefficient (Wildman–Crippen LogP) is 1.81. The highest BCUT2D eigenvalue weighted by atomic mass is 32.2. The van der Waals surface area contributed by atoms with Gasteiger partial charge in [-0.05, 0) is 37.1 Å². The third kappa shape index (κ3) is 5.29. The first-order valence-electron chi connectivity index (χ1n) is 6.94. The molecule has 1 heterocycles. The minimum Gasteiger partial charge on any atom is -0.377 e. The van der Waals surface area contributed by atoms with Gasteiger partial charge in [-0.1, -0.05) is 0 Å². The molecule has 2 rings (SSSR count). The van der Waals surface area contributed by atoms with Crippen molar-refractivity contribution in [2.75, 3.05) is 23.4 Å². The zero-order valence-electron chi connectivity index (χ0n) is 11.7. The molecular weight excluding hydrogens is 288 g/mol. The van der Waals surface area contributed by atoms with Crippen molar-refractivity contribution in [3.8, 4) is 6.07 Å². The second-order valence-electron chi connectivity index (χ2n) is 4.93. The molecule has 1 amide bonds. The fourth-order valence-electron chi connectivity index (χ4n) is 2.12. The fraction of sp³-hybridized carbons (Fsp3) is 0.467. The molecule has 5 nitrogen and oxygen atoms in total. The molecule has 0 aliphatic carbocycles. The van der Waals surface area contributed by atoms with Gasteiger partial charge in [0.2, 0.25) is 5.91 Å². The van der Waals surface area contributed by atoms with Crippen LogP contribution in [0.15, 0.2) is 24.3 Å². The molecule has 1 fully saturated rings. The minimum atomic E-state index is -1.02. The van der Waals surface area contributed by atoms with Crippen molar-refractivity contribution >= 4 is 22.4 Å². The standard InChI is InChI=1S/C15H18N2O3S/c16-10-12-3-5-13(6-4-12)17-15(18)7-9-21(19)11-14-2-1-8-20-14/h3-6,14H,1-2,7-9,11H2,(H,17,18). The van der Waals surface area contributed by atoms with Gasteiger partial charge >= 0.3 is 0 Å². The number of ether oxygens (including phenoxy) is 1. The zero-order valence-corrected chi connectivity index (χ0v) is 12.5. The topological polar surface area (TPSA) is 79.2 Å².